The molecule has 1 aromatic carbocycles. The van der Waals surface area contributed by atoms with Crippen molar-refractivity contribution in [1.82, 2.24) is 19.9 Å². The second-order valence-electron chi connectivity index (χ2n) is 8.65. The molecule has 168 valence electrons. The van der Waals surface area contributed by atoms with Gasteiger partial charge in [0.15, 0.2) is 11.9 Å². The summed E-state index contributed by atoms with van der Waals surface area (Å²) in [6, 6.07) is 11.4. The first-order chi connectivity index (χ1) is 15.6. The third-order valence-electron chi connectivity index (χ3n) is 6.51. The van der Waals surface area contributed by atoms with Crippen molar-refractivity contribution in [3.8, 4) is 11.4 Å². The lowest BCUT2D eigenvalue weighted by Gasteiger charge is -2.34. The standard InChI is InChI=1S/C24H29N5O3/c1-32-24(31)17-7-4-6-16(14-17)21-25-19-9-10-20(26-22(19)27-21)29-13-5-8-18(15-29)23(30)28-11-2-3-12-28/h4,6-7,9-10,14,18,24,31H,2-3,5,8,11-13,15H2,1H3,(H,25,26,27)/t18-,24?/m1/s1. The minimum absolute atomic E-state index is 0.0478. The third kappa shape index (κ3) is 4.08. The van der Waals surface area contributed by atoms with Gasteiger partial charge in [-0.1, -0.05) is 18.2 Å². The summed E-state index contributed by atoms with van der Waals surface area (Å²) in [6.45, 7) is 3.42. The number of carbonyl (C=O) groups is 1. The molecule has 32 heavy (non-hydrogen) atoms. The first kappa shape index (κ1) is 20.9. The van der Waals surface area contributed by atoms with Crippen LogP contribution < -0.4 is 4.90 Å². The zero-order chi connectivity index (χ0) is 22.1. The number of imidazole rings is 1. The van der Waals surface area contributed by atoms with Gasteiger partial charge in [-0.15, -0.1) is 0 Å². The first-order valence-electron chi connectivity index (χ1n) is 11.3. The number of hydrogen-bond acceptors (Lipinski definition) is 6. The molecule has 1 amide bonds. The molecule has 8 heteroatoms. The monoisotopic (exact) mass is 435 g/mol. The van der Waals surface area contributed by atoms with E-state index in [4.69, 9.17) is 9.72 Å². The van der Waals surface area contributed by atoms with Crippen LogP contribution in [-0.2, 0) is 9.53 Å². The zero-order valence-electron chi connectivity index (χ0n) is 18.3. The fourth-order valence-corrected chi connectivity index (χ4v) is 4.76. The number of aromatic amines is 1. The molecule has 0 aliphatic carbocycles. The number of fused-ring (bicyclic) bond motifs is 1. The summed E-state index contributed by atoms with van der Waals surface area (Å²) >= 11 is 0. The van der Waals surface area contributed by atoms with Crippen molar-refractivity contribution in [2.75, 3.05) is 38.2 Å². The molecule has 0 spiro atoms. The Morgan fingerprint density at radius 2 is 2.00 bits per heavy atom. The molecule has 5 rings (SSSR count). The molecule has 0 bridgehead atoms. The molecule has 2 N–H and O–H groups in total. The fourth-order valence-electron chi connectivity index (χ4n) is 4.76. The van der Waals surface area contributed by atoms with E-state index in [2.05, 4.69) is 14.9 Å². The number of H-pyrrole nitrogens is 1. The van der Waals surface area contributed by atoms with Gasteiger partial charge in [-0.25, -0.2) is 9.97 Å². The number of likely N-dealkylation sites (tertiary alicyclic amines) is 1. The van der Waals surface area contributed by atoms with Crippen LogP contribution in [0.5, 0.6) is 0 Å². The molecular formula is C24H29N5O3. The highest BCUT2D eigenvalue weighted by Gasteiger charge is 2.31. The predicted octanol–water partition coefficient (Wildman–Crippen LogP) is 3.10. The molecule has 2 fully saturated rings. The predicted molar refractivity (Wildman–Crippen MR) is 122 cm³/mol. The minimum atomic E-state index is -0.973. The van der Waals surface area contributed by atoms with Crippen molar-refractivity contribution in [1.29, 1.82) is 0 Å². The molecular weight excluding hydrogens is 406 g/mol. The molecule has 2 aliphatic heterocycles. The highest BCUT2D eigenvalue weighted by Crippen LogP contribution is 2.28. The van der Waals surface area contributed by atoms with Crippen molar-refractivity contribution in [2.24, 2.45) is 5.92 Å². The number of hydrogen-bond donors (Lipinski definition) is 2. The lowest BCUT2D eigenvalue weighted by Crippen LogP contribution is -2.44. The number of nitrogens with one attached hydrogen (secondary N) is 1. The number of amides is 1. The summed E-state index contributed by atoms with van der Waals surface area (Å²) in [7, 11) is 1.47. The van der Waals surface area contributed by atoms with Crippen LogP contribution in [0.25, 0.3) is 22.6 Å². The maximum atomic E-state index is 12.9. The normalized spacial score (nSPS) is 20.1. The Morgan fingerprint density at radius 3 is 2.81 bits per heavy atom. The van der Waals surface area contributed by atoms with E-state index in [9.17, 15) is 9.90 Å². The summed E-state index contributed by atoms with van der Waals surface area (Å²) in [5.41, 5.74) is 3.01. The lowest BCUT2D eigenvalue weighted by molar-refractivity contribution is -0.134. The Balaban J connectivity index is 1.36. The number of aliphatic hydroxyl groups is 1. The summed E-state index contributed by atoms with van der Waals surface area (Å²) in [5.74, 6) is 1.91. The first-order valence-corrected chi connectivity index (χ1v) is 11.3. The molecule has 2 aromatic heterocycles. The number of pyridine rings is 1. The Bertz CT molecular complexity index is 1110. The van der Waals surface area contributed by atoms with Gasteiger partial charge in [0.25, 0.3) is 0 Å². The van der Waals surface area contributed by atoms with Crippen LogP contribution >= 0.6 is 0 Å². The van der Waals surface area contributed by atoms with Crippen LogP contribution in [0, 0.1) is 5.92 Å². The van der Waals surface area contributed by atoms with E-state index in [-0.39, 0.29) is 5.92 Å². The van der Waals surface area contributed by atoms with Gasteiger partial charge in [0.05, 0.1) is 5.92 Å². The van der Waals surface area contributed by atoms with Crippen LogP contribution in [-0.4, -0.2) is 64.2 Å². The van der Waals surface area contributed by atoms with Crippen LogP contribution in [0.1, 0.15) is 37.5 Å². The van der Waals surface area contributed by atoms with Crippen molar-refractivity contribution < 1.29 is 14.6 Å². The van der Waals surface area contributed by atoms with Gasteiger partial charge < -0.3 is 24.6 Å². The van der Waals surface area contributed by atoms with Gasteiger partial charge in [-0.2, -0.15) is 0 Å². The second kappa shape index (κ2) is 8.88. The number of aliphatic hydroxyl groups excluding tert-OH is 1. The molecule has 4 heterocycles. The highest BCUT2D eigenvalue weighted by atomic mass is 16.6. The maximum Gasteiger partial charge on any atom is 0.227 e. The number of benzene rings is 1. The third-order valence-corrected chi connectivity index (χ3v) is 6.51. The summed E-state index contributed by atoms with van der Waals surface area (Å²) < 4.78 is 5.01. The fraction of sp³-hybridized carbons (Fsp3) is 0.458. The quantitative estimate of drug-likeness (QED) is 0.598. The molecule has 2 atom stereocenters. The van der Waals surface area contributed by atoms with E-state index >= 15 is 0 Å². The summed E-state index contributed by atoms with van der Waals surface area (Å²) in [4.78, 5) is 29.9. The number of nitrogens with zero attached hydrogens (tertiary/aromatic N) is 4. The van der Waals surface area contributed by atoms with Crippen molar-refractivity contribution >= 4 is 22.9 Å². The average Bonchev–Trinajstić information content (AvgIpc) is 3.53. The van der Waals surface area contributed by atoms with Crippen LogP contribution in [0.2, 0.25) is 0 Å². The number of aromatic nitrogens is 3. The molecule has 1 unspecified atom stereocenters. The Kier molecular flexibility index (Phi) is 5.80. The van der Waals surface area contributed by atoms with E-state index in [0.717, 1.165) is 62.2 Å². The highest BCUT2D eigenvalue weighted by molar-refractivity contribution is 5.81. The maximum absolute atomic E-state index is 12.9. The van der Waals surface area contributed by atoms with Gasteiger partial charge >= 0.3 is 0 Å². The van der Waals surface area contributed by atoms with Gasteiger partial charge in [-0.05, 0) is 43.9 Å². The van der Waals surface area contributed by atoms with E-state index in [1.807, 2.05) is 41.3 Å². The summed E-state index contributed by atoms with van der Waals surface area (Å²) in [6.07, 6.45) is 3.21. The van der Waals surface area contributed by atoms with Crippen LogP contribution in [0.15, 0.2) is 36.4 Å². The zero-order valence-corrected chi connectivity index (χ0v) is 18.3. The molecule has 0 radical (unpaired) electrons. The van der Waals surface area contributed by atoms with E-state index < -0.39 is 6.29 Å². The van der Waals surface area contributed by atoms with E-state index in [0.29, 0.717) is 29.5 Å². The van der Waals surface area contributed by atoms with E-state index in [1.165, 1.54) is 7.11 Å². The number of anilines is 1. The van der Waals surface area contributed by atoms with Gasteiger partial charge in [0, 0.05) is 44.4 Å². The number of ether oxygens (including phenoxy) is 1. The van der Waals surface area contributed by atoms with E-state index in [1.54, 1.807) is 0 Å². The Morgan fingerprint density at radius 1 is 1.16 bits per heavy atom. The topological polar surface area (TPSA) is 94.6 Å². The lowest BCUT2D eigenvalue weighted by atomic mass is 9.96. The van der Waals surface area contributed by atoms with Crippen molar-refractivity contribution in [3.05, 3.63) is 42.0 Å². The minimum Gasteiger partial charge on any atom is -0.364 e. The number of carbonyl (C=O) groups excluding carboxylic acids is 1. The van der Waals surface area contributed by atoms with Gasteiger partial charge in [0.1, 0.15) is 17.2 Å². The van der Waals surface area contributed by atoms with Crippen molar-refractivity contribution in [3.63, 3.8) is 0 Å². The molecule has 0 saturated carbocycles. The van der Waals surface area contributed by atoms with Gasteiger partial charge in [0.2, 0.25) is 5.91 Å². The average molecular weight is 436 g/mol. The molecule has 2 aliphatic rings. The molecule has 3 aromatic rings. The summed E-state index contributed by atoms with van der Waals surface area (Å²) in [5, 5.41) is 9.95. The number of rotatable bonds is 5. The SMILES string of the molecule is COC(O)c1cccc(-c2nc3ccc(N4CCC[C@@H](C(=O)N5CCCC5)C4)nc3[nH]2)c1. The van der Waals surface area contributed by atoms with Gasteiger partial charge in [-0.3, -0.25) is 4.79 Å². The smallest absolute Gasteiger partial charge is 0.227 e. The largest absolute Gasteiger partial charge is 0.364 e. The van der Waals surface area contributed by atoms with Crippen LogP contribution in [0.4, 0.5) is 5.82 Å². The Labute approximate surface area is 187 Å². The second-order valence-corrected chi connectivity index (χ2v) is 8.65. The Hall–Kier alpha value is -2.97. The molecule has 2 saturated heterocycles. The molecule has 8 nitrogen and oxygen atoms in total. The van der Waals surface area contributed by atoms with Crippen LogP contribution in [0.3, 0.4) is 0 Å². The van der Waals surface area contributed by atoms with Crippen molar-refractivity contribution in [2.45, 2.75) is 32.0 Å². The number of piperidine rings is 1. The number of methoxy groups -OCH3 is 1.